The molecular formula is C25H29N7O10S2. The first kappa shape index (κ1) is 32.5. The summed E-state index contributed by atoms with van der Waals surface area (Å²) in [6.07, 6.45) is -0.563. The van der Waals surface area contributed by atoms with Crippen molar-refractivity contribution in [2.75, 3.05) is 30.7 Å². The number of aliphatic carboxylic acids is 1. The maximum Gasteiger partial charge on any atom is 0.418 e. The van der Waals surface area contributed by atoms with E-state index in [4.69, 9.17) is 25.6 Å². The molecule has 44 heavy (non-hydrogen) atoms. The minimum absolute atomic E-state index is 0.0274. The number of ketones is 1. The van der Waals surface area contributed by atoms with E-state index < -0.39 is 64.4 Å². The van der Waals surface area contributed by atoms with Crippen LogP contribution in [0.4, 0.5) is 10.9 Å². The van der Waals surface area contributed by atoms with E-state index in [1.807, 2.05) is 0 Å². The second-order valence-electron chi connectivity index (χ2n) is 9.98. The van der Waals surface area contributed by atoms with Gasteiger partial charge in [0.2, 0.25) is 0 Å². The average Bonchev–Trinajstić information content (AvgIpc) is 3.39. The molecule has 7 N–H and O–H groups in total. The van der Waals surface area contributed by atoms with Crippen LogP contribution < -0.4 is 21.5 Å². The summed E-state index contributed by atoms with van der Waals surface area (Å²) in [6.45, 7) is 3.29. The number of nitrogens with one attached hydrogen (secondary N) is 1. The maximum absolute atomic E-state index is 13.3. The number of fused-ring (bicyclic) bond motifs is 1. The molecule has 2 unspecified atom stereocenters. The normalized spacial score (nSPS) is 17.2. The number of nitrogens with zero attached hydrogens (tertiary/aromatic N) is 4. The van der Waals surface area contributed by atoms with E-state index in [1.165, 1.54) is 19.2 Å². The number of pyridine rings is 1. The fourth-order valence-corrected chi connectivity index (χ4v) is 5.30. The van der Waals surface area contributed by atoms with E-state index >= 15 is 0 Å². The van der Waals surface area contributed by atoms with Crippen LogP contribution in [0.1, 0.15) is 26.0 Å². The molecule has 1 amide bonds. The van der Waals surface area contributed by atoms with Crippen LogP contribution in [-0.4, -0.2) is 87.8 Å². The maximum atomic E-state index is 13.3. The number of amides is 1. The molecule has 1 aromatic carbocycles. The van der Waals surface area contributed by atoms with Crippen molar-refractivity contribution < 1.29 is 46.3 Å². The van der Waals surface area contributed by atoms with Crippen LogP contribution in [0.5, 0.6) is 5.75 Å². The number of aromatic nitrogens is 2. The molecule has 1 aliphatic rings. The number of carboxylic acids is 1. The Hall–Kier alpha value is -4.43. The summed E-state index contributed by atoms with van der Waals surface area (Å²) < 4.78 is 41.1. The number of rotatable bonds is 15. The van der Waals surface area contributed by atoms with Gasteiger partial charge in [-0.3, -0.25) is 14.1 Å². The molecule has 0 radical (unpaired) electrons. The Kier molecular flexibility index (Phi) is 9.64. The second kappa shape index (κ2) is 13.1. The molecule has 1 fully saturated rings. The number of oxime groups is 1. The van der Waals surface area contributed by atoms with Crippen LogP contribution in [0.15, 0.2) is 41.0 Å². The van der Waals surface area contributed by atoms with Crippen LogP contribution in [0.2, 0.25) is 0 Å². The fourth-order valence-electron chi connectivity index (χ4n) is 4.30. The molecule has 236 valence electrons. The number of hydroxylamine groups is 2. The van der Waals surface area contributed by atoms with Crippen molar-refractivity contribution in [2.24, 2.45) is 16.8 Å². The number of thiazole rings is 1. The zero-order chi connectivity index (χ0) is 32.2. The third-order valence-corrected chi connectivity index (χ3v) is 7.59. The Balaban J connectivity index is 1.49. The Labute approximate surface area is 254 Å². The van der Waals surface area contributed by atoms with E-state index in [-0.39, 0.29) is 10.8 Å². The third-order valence-electron chi connectivity index (χ3n) is 6.58. The van der Waals surface area contributed by atoms with Crippen LogP contribution >= 0.6 is 11.3 Å². The van der Waals surface area contributed by atoms with Crippen molar-refractivity contribution in [3.05, 3.63) is 41.5 Å². The SMILES string of the molecule is CC1(C)C(CC(=O)/C(=N\OC(COc2ccc3c(NCCN)nccc3c2)C(=O)O)c2csc(N)n2)C(=O)N1OS(=O)(=O)O. The summed E-state index contributed by atoms with van der Waals surface area (Å²) in [5.74, 6) is -3.22. The molecule has 2 atom stereocenters. The van der Waals surface area contributed by atoms with E-state index in [1.54, 1.807) is 30.5 Å². The van der Waals surface area contributed by atoms with Gasteiger partial charge >= 0.3 is 16.4 Å². The van der Waals surface area contributed by atoms with Gasteiger partial charge in [-0.2, -0.15) is 13.5 Å². The lowest BCUT2D eigenvalue weighted by molar-refractivity contribution is -0.228. The van der Waals surface area contributed by atoms with Gasteiger partial charge in [-0.15, -0.1) is 15.6 Å². The number of benzene rings is 1. The zero-order valence-corrected chi connectivity index (χ0v) is 25.0. The van der Waals surface area contributed by atoms with Crippen molar-refractivity contribution >= 4 is 66.8 Å². The number of hydrogen-bond donors (Lipinski definition) is 5. The zero-order valence-electron chi connectivity index (χ0n) is 23.4. The molecule has 4 rings (SSSR count). The molecule has 0 saturated carbocycles. The summed E-state index contributed by atoms with van der Waals surface area (Å²) in [6, 6.07) is 6.82. The first-order chi connectivity index (χ1) is 20.7. The minimum Gasteiger partial charge on any atom is -0.489 e. The number of carbonyl (C=O) groups excluding carboxylic acids is 2. The highest BCUT2D eigenvalue weighted by atomic mass is 32.3. The lowest BCUT2D eigenvalue weighted by Crippen LogP contribution is -2.68. The van der Waals surface area contributed by atoms with Crippen LogP contribution in [0.3, 0.4) is 0 Å². The van der Waals surface area contributed by atoms with Gasteiger partial charge in [-0.05, 0) is 43.5 Å². The largest absolute Gasteiger partial charge is 0.489 e. The van der Waals surface area contributed by atoms with Crippen molar-refractivity contribution in [1.29, 1.82) is 0 Å². The Morgan fingerprint density at radius 3 is 2.66 bits per heavy atom. The van der Waals surface area contributed by atoms with Crippen LogP contribution in [-0.2, 0) is 33.9 Å². The summed E-state index contributed by atoms with van der Waals surface area (Å²) in [4.78, 5) is 51.3. The molecule has 19 heteroatoms. The average molecular weight is 652 g/mol. The summed E-state index contributed by atoms with van der Waals surface area (Å²) in [5.41, 5.74) is 9.49. The highest BCUT2D eigenvalue weighted by molar-refractivity contribution is 7.80. The molecule has 0 bridgehead atoms. The minimum atomic E-state index is -4.99. The molecular weight excluding hydrogens is 622 g/mol. The number of Topliss-reactive ketones (excluding diaryl/α,β-unsaturated/α-hetero) is 1. The standard InChI is InChI=1S/C25H29N7O10S2/c1-25(2)16(22(34)32(25)42-44(37,38)39)10-18(33)20(17-12-43-24(27)30-17)31-41-19(23(35)36)11-40-14-3-4-15-13(9-14)5-7-28-21(15)29-8-6-26/h3-5,7,9,12,16,19H,6,8,10-11,26H2,1-2H3,(H2,27,30)(H,28,29)(H,35,36)(H,37,38,39)/b31-20-. The lowest BCUT2D eigenvalue weighted by Gasteiger charge is -2.50. The molecule has 0 aliphatic carbocycles. The fraction of sp³-hybridized carbons (Fsp3) is 0.360. The van der Waals surface area contributed by atoms with E-state index in [2.05, 4.69) is 24.7 Å². The van der Waals surface area contributed by atoms with Crippen molar-refractivity contribution in [3.63, 3.8) is 0 Å². The summed E-state index contributed by atoms with van der Waals surface area (Å²) in [7, 11) is -4.99. The smallest absolute Gasteiger partial charge is 0.418 e. The molecule has 3 heterocycles. The van der Waals surface area contributed by atoms with E-state index in [9.17, 15) is 27.9 Å². The predicted octanol–water partition coefficient (Wildman–Crippen LogP) is 0.828. The number of carboxylic acid groups (broad SMARTS) is 1. The number of anilines is 2. The first-order valence-corrected chi connectivity index (χ1v) is 15.1. The van der Waals surface area contributed by atoms with Crippen molar-refractivity contribution in [1.82, 2.24) is 15.0 Å². The summed E-state index contributed by atoms with van der Waals surface area (Å²) in [5, 5.41) is 20.1. The second-order valence-corrected chi connectivity index (χ2v) is 11.9. The number of hydrogen-bond acceptors (Lipinski definition) is 15. The van der Waals surface area contributed by atoms with E-state index in [0.717, 1.165) is 22.1 Å². The molecule has 3 aromatic rings. The van der Waals surface area contributed by atoms with Crippen molar-refractivity contribution in [3.8, 4) is 5.75 Å². The van der Waals surface area contributed by atoms with Gasteiger partial charge < -0.3 is 31.5 Å². The van der Waals surface area contributed by atoms with Gasteiger partial charge in [0, 0.05) is 36.5 Å². The number of β-lactam (4-membered cyclic amide) rings is 1. The third kappa shape index (κ3) is 7.37. The number of carbonyl (C=O) groups is 3. The van der Waals surface area contributed by atoms with E-state index in [0.29, 0.717) is 29.7 Å². The van der Waals surface area contributed by atoms with Gasteiger partial charge in [0.1, 0.15) is 23.9 Å². The topological polar surface area (TPSA) is 259 Å². The Bertz CT molecular complexity index is 1710. The van der Waals surface area contributed by atoms with Gasteiger partial charge in [0.05, 0.1) is 11.5 Å². The van der Waals surface area contributed by atoms with Crippen molar-refractivity contribution in [2.45, 2.75) is 31.9 Å². The molecule has 17 nitrogen and oxygen atoms in total. The molecule has 1 saturated heterocycles. The van der Waals surface area contributed by atoms with Gasteiger partial charge in [-0.1, -0.05) is 5.16 Å². The molecule has 1 aliphatic heterocycles. The lowest BCUT2D eigenvalue weighted by atomic mass is 9.74. The first-order valence-electron chi connectivity index (χ1n) is 12.9. The predicted molar refractivity (Wildman–Crippen MR) is 157 cm³/mol. The number of nitrogen functional groups attached to an aromatic ring is 1. The summed E-state index contributed by atoms with van der Waals surface area (Å²) >= 11 is 0.982. The Morgan fingerprint density at radius 2 is 2.05 bits per heavy atom. The van der Waals surface area contributed by atoms with Crippen LogP contribution in [0.25, 0.3) is 10.8 Å². The van der Waals surface area contributed by atoms with Gasteiger partial charge in [-0.25, -0.2) is 14.8 Å². The highest BCUT2D eigenvalue weighted by Crippen LogP contribution is 2.40. The quantitative estimate of drug-likeness (QED) is 0.0659. The molecule has 2 aromatic heterocycles. The Morgan fingerprint density at radius 1 is 1.30 bits per heavy atom. The molecule has 0 spiro atoms. The number of nitrogens with two attached hydrogens (primary N) is 2. The van der Waals surface area contributed by atoms with Gasteiger partial charge in [0.15, 0.2) is 16.6 Å². The number of ether oxygens (including phenoxy) is 1. The monoisotopic (exact) mass is 651 g/mol. The van der Waals surface area contributed by atoms with Crippen LogP contribution in [0, 0.1) is 5.92 Å². The highest BCUT2D eigenvalue weighted by Gasteiger charge is 2.57. The van der Waals surface area contributed by atoms with Gasteiger partial charge in [0.25, 0.3) is 12.0 Å².